The second-order valence-corrected chi connectivity index (χ2v) is 7.17. The van der Waals surface area contributed by atoms with Crippen molar-refractivity contribution in [3.63, 3.8) is 0 Å². The molecule has 2 aromatic carbocycles. The summed E-state index contributed by atoms with van der Waals surface area (Å²) in [5.41, 5.74) is 1.25. The van der Waals surface area contributed by atoms with Gasteiger partial charge in [0.15, 0.2) is 11.5 Å². The minimum absolute atomic E-state index is 0.312. The number of benzene rings is 2. The third kappa shape index (κ3) is 4.24. The molecule has 0 atom stereocenters. The summed E-state index contributed by atoms with van der Waals surface area (Å²) in [7, 11) is 6.18. The molecule has 2 aromatic heterocycles. The van der Waals surface area contributed by atoms with E-state index in [4.69, 9.17) is 14.2 Å². The number of nitrogens with one attached hydrogen (secondary N) is 2. The first-order valence-electron chi connectivity index (χ1n) is 10.1. The molecule has 0 amide bonds. The first-order valence-corrected chi connectivity index (χ1v) is 10.1. The molecule has 4 aromatic rings. The number of aromatic nitrogens is 3. The van der Waals surface area contributed by atoms with Crippen molar-refractivity contribution in [2.24, 2.45) is 0 Å². The van der Waals surface area contributed by atoms with Crippen molar-refractivity contribution >= 4 is 28.5 Å². The van der Waals surface area contributed by atoms with Gasteiger partial charge in [-0.15, -0.1) is 0 Å². The van der Waals surface area contributed by atoms with Crippen LogP contribution in [0.15, 0.2) is 48.7 Å². The summed E-state index contributed by atoms with van der Waals surface area (Å²) in [6.45, 7) is 0. The summed E-state index contributed by atoms with van der Waals surface area (Å²) in [5, 5.41) is 6.10. The van der Waals surface area contributed by atoms with E-state index in [0.717, 1.165) is 12.1 Å². The van der Waals surface area contributed by atoms with Crippen molar-refractivity contribution in [2.75, 3.05) is 39.0 Å². The Labute approximate surface area is 193 Å². The zero-order chi connectivity index (χ0) is 24.5. The number of anilines is 3. The fourth-order valence-electron chi connectivity index (χ4n) is 3.60. The molecule has 0 unspecified atom stereocenters. The summed E-state index contributed by atoms with van der Waals surface area (Å²) in [4.78, 5) is 8.84. The van der Waals surface area contributed by atoms with Crippen LogP contribution >= 0.6 is 0 Å². The molecule has 2 N–H and O–H groups in total. The van der Waals surface area contributed by atoms with Crippen molar-refractivity contribution < 1.29 is 27.4 Å². The first-order chi connectivity index (χ1) is 16.3. The summed E-state index contributed by atoms with van der Waals surface area (Å²) in [5.74, 6) is 2.17. The van der Waals surface area contributed by atoms with Crippen molar-refractivity contribution in [1.82, 2.24) is 14.5 Å². The maximum Gasteiger partial charge on any atom is 0.416 e. The first kappa shape index (κ1) is 23.0. The van der Waals surface area contributed by atoms with E-state index in [1.807, 2.05) is 0 Å². The molecule has 0 saturated carbocycles. The Balaban J connectivity index is 1.80. The molecule has 0 aliphatic heterocycles. The molecule has 178 valence electrons. The molecule has 4 rings (SSSR count). The van der Waals surface area contributed by atoms with E-state index >= 15 is 0 Å². The van der Waals surface area contributed by atoms with Crippen LogP contribution in [0.2, 0.25) is 0 Å². The topological polar surface area (TPSA) is 82.5 Å². The molecule has 0 aliphatic rings. The number of imidazole rings is 1. The van der Waals surface area contributed by atoms with E-state index in [2.05, 4.69) is 20.6 Å². The van der Waals surface area contributed by atoms with Gasteiger partial charge >= 0.3 is 6.18 Å². The van der Waals surface area contributed by atoms with Gasteiger partial charge in [-0.1, -0.05) is 6.07 Å². The summed E-state index contributed by atoms with van der Waals surface area (Å²) >= 11 is 0. The number of halogens is 3. The fraction of sp³-hybridized carbons (Fsp3) is 0.217. The fourth-order valence-corrected chi connectivity index (χ4v) is 3.60. The number of methoxy groups -OCH3 is 3. The summed E-state index contributed by atoms with van der Waals surface area (Å²) in [6, 6.07) is 10.2. The molecule has 0 saturated heterocycles. The number of fused-ring (bicyclic) bond motifs is 1. The number of rotatable bonds is 7. The van der Waals surface area contributed by atoms with Crippen molar-refractivity contribution in [2.45, 2.75) is 6.18 Å². The molecule has 0 bridgehead atoms. The Morgan fingerprint density at radius 1 is 0.941 bits per heavy atom. The quantitative estimate of drug-likeness (QED) is 0.379. The highest BCUT2D eigenvalue weighted by Gasteiger charge is 2.31. The van der Waals surface area contributed by atoms with Gasteiger partial charge < -0.3 is 24.8 Å². The van der Waals surface area contributed by atoms with Gasteiger partial charge in [0.1, 0.15) is 11.3 Å². The zero-order valence-electron chi connectivity index (χ0n) is 18.8. The van der Waals surface area contributed by atoms with E-state index in [1.54, 1.807) is 42.1 Å². The number of nitrogens with zero attached hydrogens (tertiary/aromatic N) is 3. The third-order valence-electron chi connectivity index (χ3n) is 5.13. The number of ether oxygens (including phenoxy) is 3. The highest BCUT2D eigenvalue weighted by atomic mass is 19.4. The number of alkyl halides is 3. The number of pyridine rings is 1. The van der Waals surface area contributed by atoms with E-state index < -0.39 is 11.7 Å². The highest BCUT2D eigenvalue weighted by molar-refractivity contribution is 5.83. The van der Waals surface area contributed by atoms with Crippen LogP contribution in [-0.4, -0.2) is 42.9 Å². The van der Waals surface area contributed by atoms with Gasteiger partial charge in [-0.2, -0.15) is 13.2 Å². The van der Waals surface area contributed by atoms with Crippen LogP contribution in [0.3, 0.4) is 0 Å². The van der Waals surface area contributed by atoms with Crippen LogP contribution in [0.5, 0.6) is 17.2 Å². The van der Waals surface area contributed by atoms with Crippen LogP contribution in [-0.2, 0) is 6.18 Å². The van der Waals surface area contributed by atoms with E-state index in [9.17, 15) is 13.2 Å². The molecule has 11 heteroatoms. The number of hydrogen-bond donors (Lipinski definition) is 2. The van der Waals surface area contributed by atoms with Crippen LogP contribution in [0.4, 0.5) is 30.6 Å². The molecule has 34 heavy (non-hydrogen) atoms. The SMILES string of the molecule is CNc1nc2cnc(Nc3cc(OC)c(OC)c(OC)c3)cc2n1-c1cccc(C(F)(F)F)c1. The molecule has 2 heterocycles. The van der Waals surface area contributed by atoms with Gasteiger partial charge in [-0.3, -0.25) is 4.57 Å². The lowest BCUT2D eigenvalue weighted by Crippen LogP contribution is -2.07. The molecule has 0 aliphatic carbocycles. The molecular weight excluding hydrogens is 451 g/mol. The summed E-state index contributed by atoms with van der Waals surface area (Å²) < 4.78 is 57.6. The van der Waals surface area contributed by atoms with E-state index in [1.165, 1.54) is 27.4 Å². The van der Waals surface area contributed by atoms with Gasteiger partial charge in [0.25, 0.3) is 0 Å². The lowest BCUT2D eigenvalue weighted by Gasteiger charge is -2.15. The van der Waals surface area contributed by atoms with Crippen LogP contribution < -0.4 is 24.8 Å². The van der Waals surface area contributed by atoms with Crippen LogP contribution in [0.1, 0.15) is 5.56 Å². The minimum atomic E-state index is -4.47. The molecule has 0 spiro atoms. The van der Waals surface area contributed by atoms with Crippen LogP contribution in [0.25, 0.3) is 16.7 Å². The van der Waals surface area contributed by atoms with Crippen LogP contribution in [0, 0.1) is 0 Å². The summed E-state index contributed by atoms with van der Waals surface area (Å²) in [6.07, 6.45) is -2.92. The Morgan fingerprint density at radius 2 is 1.65 bits per heavy atom. The minimum Gasteiger partial charge on any atom is -0.493 e. The Kier molecular flexibility index (Phi) is 6.10. The maximum absolute atomic E-state index is 13.3. The highest BCUT2D eigenvalue weighted by Crippen LogP contribution is 2.41. The predicted molar refractivity (Wildman–Crippen MR) is 123 cm³/mol. The number of hydrogen-bond acceptors (Lipinski definition) is 7. The zero-order valence-corrected chi connectivity index (χ0v) is 18.8. The third-order valence-corrected chi connectivity index (χ3v) is 5.13. The lowest BCUT2D eigenvalue weighted by molar-refractivity contribution is -0.137. The molecule has 0 radical (unpaired) electrons. The molecule has 8 nitrogen and oxygen atoms in total. The van der Waals surface area contributed by atoms with E-state index in [-0.39, 0.29) is 0 Å². The van der Waals surface area contributed by atoms with Crippen molar-refractivity contribution in [3.05, 3.63) is 54.2 Å². The Morgan fingerprint density at radius 3 is 2.24 bits per heavy atom. The van der Waals surface area contributed by atoms with Gasteiger partial charge in [0.2, 0.25) is 11.7 Å². The van der Waals surface area contributed by atoms with Gasteiger partial charge in [0.05, 0.1) is 38.6 Å². The predicted octanol–water partition coefficient (Wildman–Crippen LogP) is 5.25. The average molecular weight is 473 g/mol. The Hall–Kier alpha value is -4.15. The largest absolute Gasteiger partial charge is 0.493 e. The van der Waals surface area contributed by atoms with Gasteiger partial charge in [-0.05, 0) is 18.2 Å². The second kappa shape index (κ2) is 9.00. The second-order valence-electron chi connectivity index (χ2n) is 7.17. The monoisotopic (exact) mass is 473 g/mol. The standard InChI is InChI=1S/C23H22F3N5O3/c1-27-22-30-16-12-28-20(29-14-9-18(32-2)21(34-4)19(10-14)33-3)11-17(16)31(22)15-7-5-6-13(8-15)23(24,25)26/h5-12H,1-4H3,(H,27,30)(H,28,29). The maximum atomic E-state index is 13.3. The molecule has 0 fully saturated rings. The van der Waals surface area contributed by atoms with Gasteiger partial charge in [0, 0.05) is 36.6 Å². The van der Waals surface area contributed by atoms with E-state index in [0.29, 0.717) is 51.4 Å². The smallest absolute Gasteiger partial charge is 0.416 e. The average Bonchev–Trinajstić information content (AvgIpc) is 3.20. The van der Waals surface area contributed by atoms with Crippen molar-refractivity contribution in [1.29, 1.82) is 0 Å². The van der Waals surface area contributed by atoms with Crippen molar-refractivity contribution in [3.8, 4) is 22.9 Å². The Bertz CT molecular complexity index is 1310. The van der Waals surface area contributed by atoms with Gasteiger partial charge in [-0.25, -0.2) is 9.97 Å². The normalized spacial score (nSPS) is 11.4. The molecular formula is C23H22F3N5O3. The lowest BCUT2D eigenvalue weighted by atomic mass is 10.2.